The van der Waals surface area contributed by atoms with Crippen molar-refractivity contribution in [2.45, 2.75) is 19.0 Å². The van der Waals surface area contributed by atoms with Gasteiger partial charge in [-0.3, -0.25) is 4.79 Å². The summed E-state index contributed by atoms with van der Waals surface area (Å²) in [4.78, 5) is 11.6. The van der Waals surface area contributed by atoms with Gasteiger partial charge in [-0.2, -0.15) is 0 Å². The van der Waals surface area contributed by atoms with Crippen LogP contribution in [0.5, 0.6) is 5.75 Å². The Morgan fingerprint density at radius 1 is 1.38 bits per heavy atom. The molecule has 0 aliphatic heterocycles. The van der Waals surface area contributed by atoms with Crippen LogP contribution in [0, 0.1) is 0 Å². The highest BCUT2D eigenvalue weighted by Crippen LogP contribution is 2.14. The van der Waals surface area contributed by atoms with Crippen molar-refractivity contribution < 1.29 is 23.0 Å². The third-order valence-corrected chi connectivity index (χ3v) is 2.42. The van der Waals surface area contributed by atoms with Crippen molar-refractivity contribution in [3.05, 3.63) is 29.8 Å². The molecule has 0 aromatic heterocycles. The summed E-state index contributed by atoms with van der Waals surface area (Å²) < 4.78 is 33.7. The first kappa shape index (κ1) is 19.6. The van der Waals surface area contributed by atoms with Crippen molar-refractivity contribution in [2.24, 2.45) is 5.73 Å². The molecule has 0 radical (unpaired) electrons. The quantitative estimate of drug-likeness (QED) is 0.757. The average Bonchev–Trinajstić information content (AvgIpc) is 2.43. The van der Waals surface area contributed by atoms with E-state index in [1.165, 1.54) is 7.11 Å². The Hall–Kier alpha value is -1.44. The van der Waals surface area contributed by atoms with Crippen LogP contribution in [0.25, 0.3) is 0 Å². The van der Waals surface area contributed by atoms with E-state index in [0.717, 1.165) is 5.56 Å². The van der Waals surface area contributed by atoms with Gasteiger partial charge in [0, 0.05) is 13.7 Å². The SMILES string of the molecule is COCC(N)C(=O)NCc1cccc(OCC(F)F)c1.Cl. The van der Waals surface area contributed by atoms with Gasteiger partial charge in [-0.25, -0.2) is 8.78 Å². The van der Waals surface area contributed by atoms with Gasteiger partial charge in [0.15, 0.2) is 0 Å². The van der Waals surface area contributed by atoms with E-state index < -0.39 is 19.1 Å². The zero-order valence-corrected chi connectivity index (χ0v) is 12.4. The number of alkyl halides is 2. The van der Waals surface area contributed by atoms with Gasteiger partial charge in [0.2, 0.25) is 5.91 Å². The number of amides is 1. The van der Waals surface area contributed by atoms with Crippen LogP contribution in [0.4, 0.5) is 8.78 Å². The Bertz CT molecular complexity index is 436. The molecule has 0 aliphatic carbocycles. The van der Waals surface area contributed by atoms with Gasteiger partial charge >= 0.3 is 0 Å². The fourth-order valence-electron chi connectivity index (χ4n) is 1.48. The maximum absolute atomic E-state index is 12.0. The van der Waals surface area contributed by atoms with Crippen LogP contribution < -0.4 is 15.8 Å². The van der Waals surface area contributed by atoms with Gasteiger partial charge in [-0.05, 0) is 17.7 Å². The minimum atomic E-state index is -2.52. The second-order valence-corrected chi connectivity index (χ2v) is 4.13. The highest BCUT2D eigenvalue weighted by Gasteiger charge is 2.12. The van der Waals surface area contributed by atoms with Gasteiger partial charge in [0.25, 0.3) is 6.43 Å². The zero-order valence-electron chi connectivity index (χ0n) is 11.6. The van der Waals surface area contributed by atoms with Gasteiger partial charge in [-0.15, -0.1) is 12.4 Å². The molecule has 0 saturated carbocycles. The highest BCUT2D eigenvalue weighted by molar-refractivity contribution is 5.85. The number of nitrogens with two attached hydrogens (primary N) is 1. The normalized spacial score (nSPS) is 11.7. The molecular formula is C13H19ClF2N2O3. The third kappa shape index (κ3) is 7.79. The predicted molar refractivity (Wildman–Crippen MR) is 76.9 cm³/mol. The zero-order chi connectivity index (χ0) is 15.0. The fourth-order valence-corrected chi connectivity index (χ4v) is 1.48. The van der Waals surface area contributed by atoms with Crippen LogP contribution in [-0.2, 0) is 16.1 Å². The van der Waals surface area contributed by atoms with Crippen LogP contribution in [-0.4, -0.2) is 38.7 Å². The van der Waals surface area contributed by atoms with Crippen LogP contribution in [0.1, 0.15) is 5.56 Å². The van der Waals surface area contributed by atoms with E-state index in [-0.39, 0.29) is 31.5 Å². The van der Waals surface area contributed by atoms with Gasteiger partial charge in [0.05, 0.1) is 6.61 Å². The molecule has 0 aliphatic rings. The number of benzene rings is 1. The Kier molecular flexibility index (Phi) is 9.60. The lowest BCUT2D eigenvalue weighted by Crippen LogP contribution is -2.43. The monoisotopic (exact) mass is 324 g/mol. The fraction of sp³-hybridized carbons (Fsp3) is 0.462. The van der Waals surface area contributed by atoms with Gasteiger partial charge in [0.1, 0.15) is 18.4 Å². The molecule has 1 aromatic rings. The predicted octanol–water partition coefficient (Wildman–Crippen LogP) is 1.34. The summed E-state index contributed by atoms with van der Waals surface area (Å²) >= 11 is 0. The van der Waals surface area contributed by atoms with Crippen molar-refractivity contribution in [2.75, 3.05) is 20.3 Å². The first-order valence-corrected chi connectivity index (χ1v) is 6.05. The van der Waals surface area contributed by atoms with E-state index in [1.807, 2.05) is 0 Å². The Morgan fingerprint density at radius 2 is 2.10 bits per heavy atom. The first-order valence-electron chi connectivity index (χ1n) is 6.05. The number of carbonyl (C=O) groups excluding carboxylic acids is 1. The highest BCUT2D eigenvalue weighted by atomic mass is 35.5. The molecule has 0 spiro atoms. The number of hydrogen-bond donors (Lipinski definition) is 2. The number of methoxy groups -OCH3 is 1. The molecule has 1 amide bonds. The number of ether oxygens (including phenoxy) is 2. The van der Waals surface area contributed by atoms with Crippen molar-refractivity contribution in [3.63, 3.8) is 0 Å². The summed E-state index contributed by atoms with van der Waals surface area (Å²) in [5.41, 5.74) is 6.29. The topological polar surface area (TPSA) is 73.6 Å². The molecule has 1 aromatic carbocycles. The third-order valence-electron chi connectivity index (χ3n) is 2.42. The van der Waals surface area contributed by atoms with E-state index in [1.54, 1.807) is 24.3 Å². The van der Waals surface area contributed by atoms with Crippen molar-refractivity contribution in [1.82, 2.24) is 5.32 Å². The minimum Gasteiger partial charge on any atom is -0.488 e. The summed E-state index contributed by atoms with van der Waals surface area (Å²) in [7, 11) is 1.46. The van der Waals surface area contributed by atoms with Crippen molar-refractivity contribution >= 4 is 18.3 Å². The number of carbonyl (C=O) groups is 1. The summed E-state index contributed by atoms with van der Waals surface area (Å²) in [6.45, 7) is -0.292. The molecule has 120 valence electrons. The van der Waals surface area contributed by atoms with E-state index in [4.69, 9.17) is 15.2 Å². The first-order chi connectivity index (χ1) is 9.52. The smallest absolute Gasteiger partial charge is 0.272 e. The van der Waals surface area contributed by atoms with E-state index >= 15 is 0 Å². The molecule has 8 heteroatoms. The van der Waals surface area contributed by atoms with Crippen LogP contribution in [0.2, 0.25) is 0 Å². The molecular weight excluding hydrogens is 306 g/mol. The lowest BCUT2D eigenvalue weighted by atomic mass is 10.2. The van der Waals surface area contributed by atoms with Gasteiger partial charge in [-0.1, -0.05) is 12.1 Å². The molecule has 0 bridgehead atoms. The summed E-state index contributed by atoms with van der Waals surface area (Å²) in [6.07, 6.45) is -2.52. The summed E-state index contributed by atoms with van der Waals surface area (Å²) in [6, 6.07) is 5.84. The molecule has 21 heavy (non-hydrogen) atoms. The average molecular weight is 325 g/mol. The minimum absolute atomic E-state index is 0. The number of nitrogens with one attached hydrogen (secondary N) is 1. The molecule has 5 nitrogen and oxygen atoms in total. The van der Waals surface area contributed by atoms with E-state index in [2.05, 4.69) is 5.32 Å². The van der Waals surface area contributed by atoms with Crippen molar-refractivity contribution in [3.8, 4) is 5.75 Å². The molecule has 0 heterocycles. The van der Waals surface area contributed by atoms with Crippen LogP contribution in [0.3, 0.4) is 0 Å². The van der Waals surface area contributed by atoms with Gasteiger partial charge < -0.3 is 20.5 Å². The molecule has 1 atom stereocenters. The second-order valence-electron chi connectivity index (χ2n) is 4.13. The summed E-state index contributed by atoms with van der Waals surface area (Å²) in [5, 5.41) is 2.63. The molecule has 0 fully saturated rings. The number of rotatable bonds is 8. The second kappa shape index (κ2) is 10.3. The molecule has 1 rings (SSSR count). The molecule has 0 saturated heterocycles. The molecule has 3 N–H and O–H groups in total. The lowest BCUT2D eigenvalue weighted by molar-refractivity contribution is -0.123. The maximum atomic E-state index is 12.0. The van der Waals surface area contributed by atoms with Crippen LogP contribution in [0.15, 0.2) is 24.3 Å². The Balaban J connectivity index is 0.00000400. The Labute approximate surface area is 128 Å². The van der Waals surface area contributed by atoms with E-state index in [9.17, 15) is 13.6 Å². The maximum Gasteiger partial charge on any atom is 0.272 e. The summed E-state index contributed by atoms with van der Waals surface area (Å²) in [5.74, 6) is -0.0102. The lowest BCUT2D eigenvalue weighted by Gasteiger charge is -2.12. The van der Waals surface area contributed by atoms with Crippen LogP contribution >= 0.6 is 12.4 Å². The van der Waals surface area contributed by atoms with Crippen molar-refractivity contribution in [1.29, 1.82) is 0 Å². The number of hydrogen-bond acceptors (Lipinski definition) is 4. The molecule has 1 unspecified atom stereocenters. The largest absolute Gasteiger partial charge is 0.488 e. The van der Waals surface area contributed by atoms with E-state index in [0.29, 0.717) is 5.75 Å². The number of halogens is 3. The standard InChI is InChI=1S/C13H18F2N2O3.ClH/c1-19-7-11(16)13(18)17-6-9-3-2-4-10(5-9)20-8-12(14)15;/h2-5,11-12H,6-8,16H2,1H3,(H,17,18);1H. The Morgan fingerprint density at radius 3 is 2.71 bits per heavy atom.